The van der Waals surface area contributed by atoms with Crippen LogP contribution in [0.2, 0.25) is 0 Å². The number of benzene rings is 5. The van der Waals surface area contributed by atoms with E-state index < -0.39 is 7.92 Å². The Labute approximate surface area is 352 Å². The van der Waals surface area contributed by atoms with Crippen LogP contribution in [-0.4, -0.2) is 12.3 Å². The lowest BCUT2D eigenvalue weighted by Crippen LogP contribution is -2.33. The molecule has 1 spiro atoms. The number of rotatable bonds is 8. The normalized spacial score (nSPS) is 17.0. The van der Waals surface area contributed by atoms with E-state index in [4.69, 9.17) is 0 Å². The fraction of sp³-hybridized carbons (Fsp3) is 0.444. The second kappa shape index (κ2) is 15.4. The predicted octanol–water partition coefficient (Wildman–Crippen LogP) is 13.3. The summed E-state index contributed by atoms with van der Waals surface area (Å²) < 4.78 is 0. The Kier molecular flexibility index (Phi) is 11.3. The molecule has 0 aromatic heterocycles. The van der Waals surface area contributed by atoms with Gasteiger partial charge in [-0.1, -0.05) is 168 Å². The summed E-state index contributed by atoms with van der Waals surface area (Å²) in [6.07, 6.45) is 4.62. The maximum absolute atomic E-state index is 4.00. The molecular weight excluding hydrogens is 726 g/mol. The monoisotopic (exact) mass is 793 g/mol. The Morgan fingerprint density at radius 1 is 0.561 bits per heavy atom. The minimum absolute atomic E-state index is 0.00146. The van der Waals surface area contributed by atoms with Gasteiger partial charge in [-0.05, 0) is 141 Å². The fourth-order valence-corrected chi connectivity index (χ4v) is 12.6. The molecule has 300 valence electrons. The molecule has 0 bridgehead atoms. The highest BCUT2D eigenvalue weighted by atomic mass is 32.2. The van der Waals surface area contributed by atoms with Crippen LogP contribution in [0.4, 0.5) is 5.69 Å². The molecule has 57 heavy (non-hydrogen) atoms. The van der Waals surface area contributed by atoms with Crippen LogP contribution >= 0.6 is 19.7 Å². The number of anilines is 1. The van der Waals surface area contributed by atoms with E-state index in [1.165, 1.54) is 67.4 Å². The van der Waals surface area contributed by atoms with Gasteiger partial charge in [0.25, 0.3) is 0 Å². The third-order valence-electron chi connectivity index (χ3n) is 12.6. The predicted molar refractivity (Wildman–Crippen MR) is 254 cm³/mol. The first kappa shape index (κ1) is 41.8. The van der Waals surface area contributed by atoms with Crippen LogP contribution in [0, 0.1) is 6.92 Å². The van der Waals surface area contributed by atoms with Crippen molar-refractivity contribution in [2.45, 2.75) is 148 Å². The highest BCUT2D eigenvalue weighted by Crippen LogP contribution is 2.56. The third-order valence-corrected chi connectivity index (χ3v) is 16.1. The van der Waals surface area contributed by atoms with Crippen LogP contribution in [-0.2, 0) is 39.9 Å². The van der Waals surface area contributed by atoms with Crippen molar-refractivity contribution < 1.29 is 0 Å². The number of nitrogens with one attached hydrogen (secondary N) is 1. The van der Waals surface area contributed by atoms with E-state index in [1.807, 2.05) is 11.8 Å². The molecule has 1 N–H and O–H groups in total. The number of thioether (sulfide) groups is 1. The number of hydrogen-bond acceptors (Lipinski definition) is 2. The van der Waals surface area contributed by atoms with Crippen LogP contribution < -0.4 is 21.2 Å². The van der Waals surface area contributed by atoms with Crippen molar-refractivity contribution in [3.05, 3.63) is 147 Å². The summed E-state index contributed by atoms with van der Waals surface area (Å²) in [5.74, 6) is 1.04. The van der Waals surface area contributed by atoms with Crippen LogP contribution in [0.15, 0.2) is 102 Å². The van der Waals surface area contributed by atoms with Gasteiger partial charge in [0.15, 0.2) is 0 Å². The highest BCUT2D eigenvalue weighted by Gasteiger charge is 2.48. The van der Waals surface area contributed by atoms with Crippen LogP contribution in [0.5, 0.6) is 0 Å². The van der Waals surface area contributed by atoms with E-state index in [2.05, 4.69) is 192 Å². The fourth-order valence-electron chi connectivity index (χ4n) is 9.13. The zero-order chi connectivity index (χ0) is 41.1. The van der Waals surface area contributed by atoms with Gasteiger partial charge in [-0.25, -0.2) is 0 Å². The molecule has 0 fully saturated rings. The Morgan fingerprint density at radius 2 is 1.02 bits per heavy atom. The molecule has 5 aromatic carbocycles. The van der Waals surface area contributed by atoms with Crippen molar-refractivity contribution >= 4 is 41.3 Å². The van der Waals surface area contributed by atoms with Gasteiger partial charge in [0.1, 0.15) is 0 Å². The zero-order valence-corrected chi connectivity index (χ0v) is 39.0. The number of hydrogen-bond donors (Lipinski definition) is 1. The van der Waals surface area contributed by atoms with Gasteiger partial charge in [-0.15, -0.1) is 11.8 Å². The van der Waals surface area contributed by atoms with Crippen molar-refractivity contribution in [1.29, 1.82) is 0 Å². The molecule has 0 radical (unpaired) electrons. The Morgan fingerprint density at radius 3 is 1.49 bits per heavy atom. The lowest BCUT2D eigenvalue weighted by molar-refractivity contribution is 0.510. The van der Waals surface area contributed by atoms with Gasteiger partial charge in [-0.2, -0.15) is 0 Å². The summed E-state index contributed by atoms with van der Waals surface area (Å²) in [6, 6.07) is 38.9. The van der Waals surface area contributed by atoms with Gasteiger partial charge in [0.05, 0.1) is 0 Å². The summed E-state index contributed by atoms with van der Waals surface area (Å²) in [6.45, 7) is 31.7. The summed E-state index contributed by atoms with van der Waals surface area (Å²) in [5.41, 5.74) is 14.8. The van der Waals surface area contributed by atoms with Gasteiger partial charge in [-0.3, -0.25) is 0 Å². The molecule has 0 saturated carbocycles. The Bertz CT molecular complexity index is 2110. The summed E-state index contributed by atoms with van der Waals surface area (Å²) in [4.78, 5) is 1.34. The lowest BCUT2D eigenvalue weighted by Gasteiger charge is -2.35. The quantitative estimate of drug-likeness (QED) is 0.0954. The summed E-state index contributed by atoms with van der Waals surface area (Å²) in [7, 11) is -0.909. The minimum Gasteiger partial charge on any atom is -0.384 e. The average Bonchev–Trinajstić information content (AvgIpc) is 3.71. The molecular formula is C54H68NPS. The Balaban J connectivity index is 1.43. The van der Waals surface area contributed by atoms with Crippen LogP contribution in [0.3, 0.4) is 0 Å². The topological polar surface area (TPSA) is 12.0 Å². The summed E-state index contributed by atoms with van der Waals surface area (Å²) >= 11 is 1.95. The minimum atomic E-state index is -0.909. The van der Waals surface area contributed by atoms with E-state index in [1.54, 1.807) is 22.0 Å². The SMILES string of the molecule is Cc1ccc(SCCNc2cccc3c2[C@@]2(CC3)CCc3cccc(P(c4cc(C(C)(C)C)cc(C(C)(C)C)c4)c4cc(C(C)(C)C)cc(C(C)(C)C)c4)c32)cc1. The van der Waals surface area contributed by atoms with Crippen LogP contribution in [0.25, 0.3) is 0 Å². The third kappa shape index (κ3) is 8.57. The maximum atomic E-state index is 4.00. The highest BCUT2D eigenvalue weighted by molar-refractivity contribution is 7.99. The maximum Gasteiger partial charge on any atom is 0.0384 e. The van der Waals surface area contributed by atoms with Crippen molar-refractivity contribution in [3.63, 3.8) is 0 Å². The first-order chi connectivity index (χ1) is 26.6. The van der Waals surface area contributed by atoms with Gasteiger partial charge < -0.3 is 5.32 Å². The molecule has 0 amide bonds. The van der Waals surface area contributed by atoms with Gasteiger partial charge >= 0.3 is 0 Å². The largest absolute Gasteiger partial charge is 0.384 e. The van der Waals surface area contributed by atoms with Crippen molar-refractivity contribution in [3.8, 4) is 0 Å². The second-order valence-corrected chi connectivity index (χ2v) is 24.5. The summed E-state index contributed by atoms with van der Waals surface area (Å²) in [5, 5.41) is 8.54. The van der Waals surface area contributed by atoms with E-state index in [-0.39, 0.29) is 27.1 Å². The molecule has 0 heterocycles. The zero-order valence-electron chi connectivity index (χ0n) is 37.3. The van der Waals surface area contributed by atoms with Gasteiger partial charge in [0, 0.05) is 28.3 Å². The van der Waals surface area contributed by atoms with E-state index in [0.29, 0.717) is 0 Å². The van der Waals surface area contributed by atoms with Crippen molar-refractivity contribution in [2.24, 2.45) is 0 Å². The molecule has 0 aliphatic heterocycles. The average molecular weight is 794 g/mol. The molecule has 5 aromatic rings. The number of fused-ring (bicyclic) bond motifs is 4. The lowest BCUT2D eigenvalue weighted by atomic mass is 9.76. The van der Waals surface area contributed by atoms with Crippen molar-refractivity contribution in [1.82, 2.24) is 0 Å². The van der Waals surface area contributed by atoms with Crippen LogP contribution in [0.1, 0.15) is 146 Å². The molecule has 2 aliphatic rings. The van der Waals surface area contributed by atoms with E-state index >= 15 is 0 Å². The van der Waals surface area contributed by atoms with Gasteiger partial charge in [0.2, 0.25) is 0 Å². The molecule has 1 atom stereocenters. The standard InChI is InChI=1S/C54H68NPS/c1-36-20-22-45(23-21-36)57-29-28-55-46-18-14-16-37-24-26-54(48(37)46)27-25-38-17-15-19-47(49(38)54)56(43-32-39(50(2,3)4)30-40(33-43)51(5,6)7)44-34-41(52(8,9)10)31-42(35-44)53(11,12)13/h14-23,30-35,55H,24-29H2,1-13H3/t54-/m1/s1. The smallest absolute Gasteiger partial charge is 0.0384 e. The first-order valence-electron chi connectivity index (χ1n) is 21.5. The van der Waals surface area contributed by atoms with E-state index in [0.717, 1.165) is 25.1 Å². The second-order valence-electron chi connectivity index (χ2n) is 21.2. The first-order valence-corrected chi connectivity index (χ1v) is 23.8. The van der Waals surface area contributed by atoms with E-state index in [9.17, 15) is 0 Å². The molecule has 0 saturated heterocycles. The molecule has 7 rings (SSSR count). The molecule has 3 heteroatoms. The van der Waals surface area contributed by atoms with Crippen molar-refractivity contribution in [2.75, 3.05) is 17.6 Å². The Hall–Kier alpha value is -3.32. The molecule has 1 nitrogen and oxygen atoms in total. The molecule has 2 aliphatic carbocycles. The number of aryl methyl sites for hydroxylation is 3. The molecule has 0 unspecified atom stereocenters.